The summed E-state index contributed by atoms with van der Waals surface area (Å²) in [6.45, 7) is 5.54. The first-order chi connectivity index (χ1) is 7.98. The van der Waals surface area contributed by atoms with Crippen molar-refractivity contribution in [1.82, 2.24) is 0 Å². The summed E-state index contributed by atoms with van der Waals surface area (Å²) in [5.74, 6) is -1.00. The maximum atomic E-state index is 12.0. The van der Waals surface area contributed by atoms with Gasteiger partial charge in [-0.15, -0.1) is 0 Å². The Bertz CT molecular complexity index is 321. The zero-order chi connectivity index (χ0) is 12.5. The molecule has 0 bridgehead atoms. The van der Waals surface area contributed by atoms with Gasteiger partial charge in [0.2, 0.25) is 0 Å². The van der Waals surface area contributed by atoms with Gasteiger partial charge in [-0.2, -0.15) is 0 Å². The molecule has 4 heteroatoms. The summed E-state index contributed by atoms with van der Waals surface area (Å²) < 4.78 is 16.7. The molecule has 2 rings (SSSR count). The Kier molecular flexibility index (Phi) is 3.54. The quantitative estimate of drug-likeness (QED) is 0.481. The molecular weight excluding hydrogens is 220 g/mol. The Labute approximate surface area is 102 Å². The predicted molar refractivity (Wildman–Crippen MR) is 62.4 cm³/mol. The van der Waals surface area contributed by atoms with Gasteiger partial charge in [-0.25, -0.2) is 4.79 Å². The van der Waals surface area contributed by atoms with Crippen LogP contribution in [0.2, 0.25) is 0 Å². The van der Waals surface area contributed by atoms with E-state index in [2.05, 4.69) is 12.2 Å². The zero-order valence-corrected chi connectivity index (χ0v) is 10.6. The number of hydrogen-bond donors (Lipinski definition) is 0. The SMILES string of the molecule is C[C@@H]1C/C=C\CC[C@@H]2OC(C)(C)O[C@@H]2C(=O)O1. The highest BCUT2D eigenvalue weighted by Crippen LogP contribution is 2.32. The van der Waals surface area contributed by atoms with Gasteiger partial charge >= 0.3 is 5.97 Å². The number of carbonyl (C=O) groups is 1. The van der Waals surface area contributed by atoms with Gasteiger partial charge in [0.1, 0.15) is 6.10 Å². The second-order valence-electron chi connectivity index (χ2n) is 5.13. The van der Waals surface area contributed by atoms with Gasteiger partial charge in [-0.05, 0) is 33.6 Å². The number of carbonyl (C=O) groups excluding carboxylic acids is 1. The van der Waals surface area contributed by atoms with Gasteiger partial charge < -0.3 is 14.2 Å². The van der Waals surface area contributed by atoms with E-state index in [-0.39, 0.29) is 18.2 Å². The van der Waals surface area contributed by atoms with E-state index in [1.807, 2.05) is 20.8 Å². The third-order valence-electron chi connectivity index (χ3n) is 2.99. The van der Waals surface area contributed by atoms with Crippen LogP contribution in [0.15, 0.2) is 12.2 Å². The van der Waals surface area contributed by atoms with Crippen molar-refractivity contribution in [3.63, 3.8) is 0 Å². The Morgan fingerprint density at radius 2 is 2.06 bits per heavy atom. The Balaban J connectivity index is 2.13. The summed E-state index contributed by atoms with van der Waals surface area (Å²) in [4.78, 5) is 12.0. The monoisotopic (exact) mass is 240 g/mol. The minimum Gasteiger partial charge on any atom is -0.460 e. The molecule has 1 saturated heterocycles. The van der Waals surface area contributed by atoms with Crippen molar-refractivity contribution in [3.05, 3.63) is 12.2 Å². The van der Waals surface area contributed by atoms with Crippen LogP contribution < -0.4 is 0 Å². The van der Waals surface area contributed by atoms with Crippen LogP contribution in [0.5, 0.6) is 0 Å². The van der Waals surface area contributed by atoms with Crippen LogP contribution in [-0.4, -0.2) is 30.1 Å². The molecule has 1 fully saturated rings. The van der Waals surface area contributed by atoms with Crippen molar-refractivity contribution in [2.45, 2.75) is 64.1 Å². The molecule has 96 valence electrons. The van der Waals surface area contributed by atoms with Crippen LogP contribution in [-0.2, 0) is 19.0 Å². The molecule has 3 atom stereocenters. The van der Waals surface area contributed by atoms with E-state index in [4.69, 9.17) is 14.2 Å². The van der Waals surface area contributed by atoms with Gasteiger partial charge in [-0.1, -0.05) is 12.2 Å². The van der Waals surface area contributed by atoms with Gasteiger partial charge in [0.15, 0.2) is 11.9 Å². The average molecular weight is 240 g/mol. The number of hydrogen-bond acceptors (Lipinski definition) is 4. The van der Waals surface area contributed by atoms with Gasteiger partial charge in [0.25, 0.3) is 0 Å². The molecule has 0 saturated carbocycles. The number of ether oxygens (including phenoxy) is 3. The topological polar surface area (TPSA) is 44.8 Å². The first kappa shape index (κ1) is 12.6. The van der Waals surface area contributed by atoms with Crippen molar-refractivity contribution < 1.29 is 19.0 Å². The molecule has 0 aromatic rings. The smallest absolute Gasteiger partial charge is 0.338 e. The number of fused-ring (bicyclic) bond motifs is 1. The molecule has 2 aliphatic heterocycles. The number of rotatable bonds is 0. The van der Waals surface area contributed by atoms with Crippen LogP contribution >= 0.6 is 0 Å². The summed E-state index contributed by atoms with van der Waals surface area (Å²) in [5.41, 5.74) is 0. The van der Waals surface area contributed by atoms with E-state index < -0.39 is 11.9 Å². The summed E-state index contributed by atoms with van der Waals surface area (Å²) in [6.07, 6.45) is 5.72. The molecule has 0 aromatic carbocycles. The van der Waals surface area contributed by atoms with Gasteiger partial charge in [0.05, 0.1) is 6.10 Å². The maximum absolute atomic E-state index is 12.0. The summed E-state index contributed by atoms with van der Waals surface area (Å²) in [5, 5.41) is 0. The molecule has 0 radical (unpaired) electrons. The standard InChI is InChI=1S/C13H20O4/c1-9-7-5-4-6-8-10-11(12(14)15-9)17-13(2,3)16-10/h4-5,9-11H,6-8H2,1-3H3/b5-4-/t9-,10+,11+/m1/s1. The first-order valence-electron chi connectivity index (χ1n) is 6.19. The fourth-order valence-corrected chi connectivity index (χ4v) is 2.23. The second-order valence-corrected chi connectivity index (χ2v) is 5.13. The molecular formula is C13H20O4. The highest BCUT2D eigenvalue weighted by Gasteiger charge is 2.45. The highest BCUT2D eigenvalue weighted by atomic mass is 16.8. The van der Waals surface area contributed by atoms with Crippen molar-refractivity contribution in [2.24, 2.45) is 0 Å². The van der Waals surface area contributed by atoms with Gasteiger partial charge in [-0.3, -0.25) is 0 Å². The maximum Gasteiger partial charge on any atom is 0.338 e. The van der Waals surface area contributed by atoms with Crippen LogP contribution in [0, 0.1) is 0 Å². The lowest BCUT2D eigenvalue weighted by atomic mass is 10.1. The lowest BCUT2D eigenvalue weighted by Crippen LogP contribution is -2.35. The summed E-state index contributed by atoms with van der Waals surface area (Å²) >= 11 is 0. The molecule has 0 N–H and O–H groups in total. The average Bonchev–Trinajstić information content (AvgIpc) is 2.53. The van der Waals surface area contributed by atoms with E-state index in [1.54, 1.807) is 0 Å². The molecule has 0 spiro atoms. The van der Waals surface area contributed by atoms with E-state index in [0.29, 0.717) is 0 Å². The van der Waals surface area contributed by atoms with Crippen molar-refractivity contribution in [3.8, 4) is 0 Å². The Morgan fingerprint density at radius 1 is 1.29 bits per heavy atom. The van der Waals surface area contributed by atoms with E-state index in [1.165, 1.54) is 0 Å². The molecule has 0 amide bonds. The summed E-state index contributed by atoms with van der Waals surface area (Å²) in [7, 11) is 0. The third-order valence-corrected chi connectivity index (χ3v) is 2.99. The molecule has 0 aromatic heterocycles. The predicted octanol–water partition coefficient (Wildman–Crippen LogP) is 2.18. The van der Waals surface area contributed by atoms with Crippen molar-refractivity contribution in [2.75, 3.05) is 0 Å². The molecule has 4 nitrogen and oxygen atoms in total. The highest BCUT2D eigenvalue weighted by molar-refractivity contribution is 5.76. The van der Waals surface area contributed by atoms with Gasteiger partial charge in [0, 0.05) is 6.42 Å². The van der Waals surface area contributed by atoms with Crippen LogP contribution in [0.3, 0.4) is 0 Å². The molecule has 17 heavy (non-hydrogen) atoms. The van der Waals surface area contributed by atoms with Crippen LogP contribution in [0.25, 0.3) is 0 Å². The molecule has 0 unspecified atom stereocenters. The number of esters is 1. The Morgan fingerprint density at radius 3 is 2.82 bits per heavy atom. The van der Waals surface area contributed by atoms with Crippen LogP contribution in [0.4, 0.5) is 0 Å². The number of allylic oxidation sites excluding steroid dienone is 1. The van der Waals surface area contributed by atoms with E-state index >= 15 is 0 Å². The zero-order valence-electron chi connectivity index (χ0n) is 10.6. The fraction of sp³-hybridized carbons (Fsp3) is 0.769. The normalized spacial score (nSPS) is 39.2. The molecule has 2 heterocycles. The molecule has 2 aliphatic rings. The van der Waals surface area contributed by atoms with Crippen molar-refractivity contribution >= 4 is 5.97 Å². The first-order valence-corrected chi connectivity index (χ1v) is 6.19. The fourth-order valence-electron chi connectivity index (χ4n) is 2.23. The van der Waals surface area contributed by atoms with E-state index in [0.717, 1.165) is 19.3 Å². The lowest BCUT2D eigenvalue weighted by Gasteiger charge is -2.19. The largest absolute Gasteiger partial charge is 0.460 e. The lowest BCUT2D eigenvalue weighted by molar-refractivity contribution is -0.173. The summed E-state index contributed by atoms with van der Waals surface area (Å²) in [6, 6.07) is 0. The minimum atomic E-state index is -0.699. The van der Waals surface area contributed by atoms with Crippen molar-refractivity contribution in [1.29, 1.82) is 0 Å². The third kappa shape index (κ3) is 3.07. The minimum absolute atomic E-state index is 0.107. The second kappa shape index (κ2) is 4.78. The van der Waals surface area contributed by atoms with E-state index in [9.17, 15) is 4.79 Å². The van der Waals surface area contributed by atoms with Crippen LogP contribution in [0.1, 0.15) is 40.0 Å². The Hall–Kier alpha value is -0.870. The number of cyclic esters (lactones) is 1. The molecule has 0 aliphatic carbocycles.